The molecule has 0 saturated carbocycles. The highest BCUT2D eigenvalue weighted by atomic mass is 16.5. The average molecular weight is 239 g/mol. The van der Waals surface area contributed by atoms with E-state index in [1.807, 2.05) is 0 Å². The van der Waals surface area contributed by atoms with Crippen molar-refractivity contribution in [2.45, 2.75) is 45.8 Å². The van der Waals surface area contributed by atoms with Gasteiger partial charge in [-0.05, 0) is 11.8 Å². The minimum Gasteiger partial charge on any atom is -0.377 e. The molecule has 0 unspecified atom stereocenters. The van der Waals surface area contributed by atoms with E-state index in [9.17, 15) is 0 Å². The zero-order chi connectivity index (χ0) is 12.5. The minimum atomic E-state index is 0.114. The number of ether oxygens (including phenoxy) is 2. The summed E-state index contributed by atoms with van der Waals surface area (Å²) in [4.78, 5) is 4.47. The monoisotopic (exact) mass is 239 g/mol. The van der Waals surface area contributed by atoms with Gasteiger partial charge in [0.05, 0.1) is 6.10 Å². The summed E-state index contributed by atoms with van der Waals surface area (Å²) in [5.74, 6) is 1.92. The molecule has 1 aliphatic rings. The predicted molar refractivity (Wildman–Crippen MR) is 63.6 cm³/mol. The number of nitrogens with one attached hydrogen (secondary N) is 1. The van der Waals surface area contributed by atoms with Gasteiger partial charge in [-0.15, -0.1) is 0 Å². The summed E-state index contributed by atoms with van der Waals surface area (Å²) < 4.78 is 10.9. The second kappa shape index (κ2) is 4.74. The van der Waals surface area contributed by atoms with Crippen molar-refractivity contribution in [3.63, 3.8) is 0 Å². The van der Waals surface area contributed by atoms with E-state index in [0.717, 1.165) is 24.7 Å². The molecule has 1 aromatic heterocycles. The number of hydrogen-bond donors (Lipinski definition) is 1. The van der Waals surface area contributed by atoms with Gasteiger partial charge < -0.3 is 9.47 Å². The summed E-state index contributed by atoms with van der Waals surface area (Å²) in [6.07, 6.45) is 1.18. The molecule has 0 spiro atoms. The fraction of sp³-hybridized carbons (Fsp3) is 0.833. The van der Waals surface area contributed by atoms with Crippen molar-refractivity contribution >= 4 is 0 Å². The topological polar surface area (TPSA) is 60.0 Å². The van der Waals surface area contributed by atoms with Crippen molar-refractivity contribution in [1.82, 2.24) is 15.2 Å². The molecule has 2 atom stereocenters. The van der Waals surface area contributed by atoms with Crippen LogP contribution >= 0.6 is 0 Å². The van der Waals surface area contributed by atoms with Crippen molar-refractivity contribution in [2.24, 2.45) is 5.41 Å². The van der Waals surface area contributed by atoms with Crippen molar-refractivity contribution in [3.05, 3.63) is 11.6 Å². The lowest BCUT2D eigenvalue weighted by Gasteiger charge is -2.29. The second-order valence-corrected chi connectivity index (χ2v) is 5.63. The molecule has 0 aliphatic carbocycles. The molecular weight excluding hydrogens is 218 g/mol. The lowest BCUT2D eigenvalue weighted by Crippen LogP contribution is -2.30. The number of rotatable bonds is 3. The molecule has 1 N–H and O–H groups in total. The number of methoxy groups -OCH3 is 1. The molecule has 96 valence electrons. The van der Waals surface area contributed by atoms with Gasteiger partial charge in [0, 0.05) is 19.6 Å². The van der Waals surface area contributed by atoms with Crippen LogP contribution in [0.5, 0.6) is 0 Å². The third-order valence-electron chi connectivity index (χ3n) is 3.11. The molecular formula is C12H21N3O2. The predicted octanol–water partition coefficient (Wildman–Crippen LogP) is 1.87. The Balaban J connectivity index is 2.14. The highest BCUT2D eigenvalue weighted by Gasteiger charge is 2.40. The molecule has 1 aliphatic heterocycles. The molecule has 0 amide bonds. The molecule has 2 heterocycles. The smallest absolute Gasteiger partial charge is 0.156 e. The molecule has 0 bridgehead atoms. The molecule has 5 nitrogen and oxygen atoms in total. The summed E-state index contributed by atoms with van der Waals surface area (Å²) in [5, 5.41) is 7.20. The third-order valence-corrected chi connectivity index (χ3v) is 3.11. The standard InChI is InChI=1S/C12H21N3O2/c1-12(2,3)10-8(5-6-17-10)11-13-9(7-16-4)14-15-11/h8,10H,5-7H2,1-4H3,(H,13,14,15)/t8-,10-/m1/s1. The highest BCUT2D eigenvalue weighted by molar-refractivity contribution is 5.05. The van der Waals surface area contributed by atoms with E-state index in [4.69, 9.17) is 9.47 Å². The van der Waals surface area contributed by atoms with E-state index in [1.54, 1.807) is 7.11 Å². The van der Waals surface area contributed by atoms with Crippen molar-refractivity contribution in [1.29, 1.82) is 0 Å². The van der Waals surface area contributed by atoms with E-state index in [-0.39, 0.29) is 17.4 Å². The van der Waals surface area contributed by atoms with Crippen LogP contribution in [-0.4, -0.2) is 35.0 Å². The van der Waals surface area contributed by atoms with Crippen LogP contribution in [-0.2, 0) is 16.1 Å². The van der Waals surface area contributed by atoms with Crippen LogP contribution in [0.3, 0.4) is 0 Å². The summed E-state index contributed by atoms with van der Waals surface area (Å²) in [6, 6.07) is 0. The van der Waals surface area contributed by atoms with E-state index >= 15 is 0 Å². The largest absolute Gasteiger partial charge is 0.377 e. The van der Waals surface area contributed by atoms with E-state index in [0.29, 0.717) is 6.61 Å². The van der Waals surface area contributed by atoms with Gasteiger partial charge in [-0.1, -0.05) is 20.8 Å². The Morgan fingerprint density at radius 3 is 2.88 bits per heavy atom. The SMILES string of the molecule is COCc1nc([C@@H]2CCO[C@H]2C(C)(C)C)n[nH]1. The van der Waals surface area contributed by atoms with Crippen LogP contribution < -0.4 is 0 Å². The zero-order valence-corrected chi connectivity index (χ0v) is 11.0. The summed E-state index contributed by atoms with van der Waals surface area (Å²) in [5.41, 5.74) is 0.114. The van der Waals surface area contributed by atoms with Crippen LogP contribution in [0.1, 0.15) is 44.8 Å². The zero-order valence-electron chi connectivity index (χ0n) is 11.0. The number of hydrogen-bond acceptors (Lipinski definition) is 4. The molecule has 17 heavy (non-hydrogen) atoms. The second-order valence-electron chi connectivity index (χ2n) is 5.63. The average Bonchev–Trinajstić information content (AvgIpc) is 2.82. The molecule has 0 radical (unpaired) electrons. The van der Waals surface area contributed by atoms with Gasteiger partial charge >= 0.3 is 0 Å². The quantitative estimate of drug-likeness (QED) is 0.874. The number of aromatic nitrogens is 3. The first-order valence-corrected chi connectivity index (χ1v) is 6.04. The van der Waals surface area contributed by atoms with Gasteiger partial charge in [-0.25, -0.2) is 4.98 Å². The Bertz CT molecular complexity index is 370. The Morgan fingerprint density at radius 2 is 2.24 bits per heavy atom. The van der Waals surface area contributed by atoms with E-state index in [2.05, 4.69) is 36.0 Å². The maximum absolute atomic E-state index is 5.83. The highest BCUT2D eigenvalue weighted by Crippen LogP contribution is 2.39. The lowest BCUT2D eigenvalue weighted by molar-refractivity contribution is 0.0196. The summed E-state index contributed by atoms with van der Waals surface area (Å²) >= 11 is 0. The van der Waals surface area contributed by atoms with Crippen LogP contribution in [0.25, 0.3) is 0 Å². The van der Waals surface area contributed by atoms with Crippen LogP contribution in [0.2, 0.25) is 0 Å². The lowest BCUT2D eigenvalue weighted by atomic mass is 9.81. The van der Waals surface area contributed by atoms with Crippen molar-refractivity contribution < 1.29 is 9.47 Å². The van der Waals surface area contributed by atoms with Gasteiger partial charge in [0.1, 0.15) is 6.61 Å². The van der Waals surface area contributed by atoms with Gasteiger partial charge in [-0.3, -0.25) is 5.10 Å². The number of aromatic amines is 1. The number of nitrogens with zero attached hydrogens (tertiary/aromatic N) is 2. The summed E-state index contributed by atoms with van der Waals surface area (Å²) in [6.45, 7) is 7.84. The fourth-order valence-electron chi connectivity index (χ4n) is 2.38. The summed E-state index contributed by atoms with van der Waals surface area (Å²) in [7, 11) is 1.65. The van der Waals surface area contributed by atoms with Crippen molar-refractivity contribution in [2.75, 3.05) is 13.7 Å². The Kier molecular flexibility index (Phi) is 3.49. The van der Waals surface area contributed by atoms with Gasteiger partial charge in [0.15, 0.2) is 11.6 Å². The molecule has 2 rings (SSSR count). The first kappa shape index (κ1) is 12.5. The van der Waals surface area contributed by atoms with Crippen LogP contribution in [0.15, 0.2) is 0 Å². The molecule has 1 aromatic rings. The molecule has 0 aromatic carbocycles. The van der Waals surface area contributed by atoms with Gasteiger partial charge in [-0.2, -0.15) is 5.10 Å². The molecule has 1 saturated heterocycles. The maximum Gasteiger partial charge on any atom is 0.156 e. The number of H-pyrrole nitrogens is 1. The first-order valence-electron chi connectivity index (χ1n) is 6.04. The van der Waals surface area contributed by atoms with E-state index in [1.165, 1.54) is 0 Å². The van der Waals surface area contributed by atoms with Crippen LogP contribution in [0, 0.1) is 5.41 Å². The van der Waals surface area contributed by atoms with Gasteiger partial charge in [0.2, 0.25) is 0 Å². The fourth-order valence-corrected chi connectivity index (χ4v) is 2.38. The molecule has 5 heteroatoms. The maximum atomic E-state index is 5.83. The van der Waals surface area contributed by atoms with Crippen molar-refractivity contribution in [3.8, 4) is 0 Å². The first-order chi connectivity index (χ1) is 8.02. The van der Waals surface area contributed by atoms with Gasteiger partial charge in [0.25, 0.3) is 0 Å². The molecule has 1 fully saturated rings. The Morgan fingerprint density at radius 1 is 1.47 bits per heavy atom. The minimum absolute atomic E-state index is 0.114. The normalized spacial score (nSPS) is 25.4. The third kappa shape index (κ3) is 2.66. The van der Waals surface area contributed by atoms with E-state index < -0.39 is 0 Å². The Hall–Kier alpha value is -0.940. The Labute approximate surface area is 102 Å². The van der Waals surface area contributed by atoms with Crippen LogP contribution in [0.4, 0.5) is 0 Å².